The first-order valence-electron chi connectivity index (χ1n) is 5.68. The molecule has 84 valence electrons. The summed E-state index contributed by atoms with van der Waals surface area (Å²) in [7, 11) is 0. The number of phenols is 1. The lowest BCUT2D eigenvalue weighted by Gasteiger charge is -2.01. The number of aryl methyl sites for hydroxylation is 2. The minimum absolute atomic E-state index is 0.106. The summed E-state index contributed by atoms with van der Waals surface area (Å²) >= 11 is 1.64. The van der Waals surface area contributed by atoms with E-state index in [0.29, 0.717) is 0 Å². The fraction of sp³-hybridized carbons (Fsp3) is 0.385. The number of halogens is 1. The third-order valence-electron chi connectivity index (χ3n) is 3.25. The van der Waals surface area contributed by atoms with Crippen molar-refractivity contribution in [1.82, 2.24) is 0 Å². The van der Waals surface area contributed by atoms with Crippen molar-refractivity contribution in [1.29, 1.82) is 0 Å². The number of phenolic OH excluding ortho intramolecular Hbond substituents is 1. The summed E-state index contributed by atoms with van der Waals surface area (Å²) in [5.41, 5.74) is 1.26. The molecule has 1 nitrogen and oxygen atoms in total. The zero-order valence-corrected chi connectivity index (χ0v) is 9.74. The molecule has 1 aromatic heterocycles. The quantitative estimate of drug-likeness (QED) is 0.685. The van der Waals surface area contributed by atoms with E-state index in [9.17, 15) is 9.50 Å². The molecule has 3 heteroatoms. The van der Waals surface area contributed by atoms with Crippen molar-refractivity contribution in [2.24, 2.45) is 0 Å². The first-order chi connectivity index (χ1) is 7.75. The summed E-state index contributed by atoms with van der Waals surface area (Å²) < 4.78 is 14.1. The van der Waals surface area contributed by atoms with Crippen LogP contribution in [0.15, 0.2) is 12.1 Å². The molecular formula is C13H13FOS. The Labute approximate surface area is 97.5 Å². The average Bonchev–Trinajstić information content (AvgIpc) is 2.42. The van der Waals surface area contributed by atoms with E-state index in [-0.39, 0.29) is 11.6 Å². The number of hydrogen-bond acceptors (Lipinski definition) is 2. The predicted octanol–water partition coefficient (Wildman–Crippen LogP) is 4.01. The van der Waals surface area contributed by atoms with E-state index >= 15 is 0 Å². The lowest BCUT2D eigenvalue weighted by Crippen LogP contribution is -1.84. The van der Waals surface area contributed by atoms with E-state index in [2.05, 4.69) is 0 Å². The van der Waals surface area contributed by atoms with Gasteiger partial charge in [0, 0.05) is 21.0 Å². The molecule has 16 heavy (non-hydrogen) atoms. The Hall–Kier alpha value is -1.09. The molecule has 1 heterocycles. The van der Waals surface area contributed by atoms with Gasteiger partial charge in [0.25, 0.3) is 0 Å². The first-order valence-corrected chi connectivity index (χ1v) is 6.50. The van der Waals surface area contributed by atoms with Crippen LogP contribution in [0.2, 0.25) is 0 Å². The van der Waals surface area contributed by atoms with E-state index in [0.717, 1.165) is 22.9 Å². The van der Waals surface area contributed by atoms with Gasteiger partial charge in [0.1, 0.15) is 11.6 Å². The van der Waals surface area contributed by atoms with Crippen LogP contribution >= 0.6 is 11.3 Å². The van der Waals surface area contributed by atoms with Crippen molar-refractivity contribution in [2.45, 2.75) is 32.1 Å². The molecule has 0 unspecified atom stereocenters. The second-order valence-electron chi connectivity index (χ2n) is 4.36. The molecule has 3 rings (SSSR count). The van der Waals surface area contributed by atoms with Gasteiger partial charge in [-0.2, -0.15) is 0 Å². The maximum Gasteiger partial charge on any atom is 0.128 e. The summed E-state index contributed by atoms with van der Waals surface area (Å²) in [5.74, 6) is -0.240. The van der Waals surface area contributed by atoms with Crippen molar-refractivity contribution in [3.8, 4) is 5.75 Å². The normalized spacial score (nSPS) is 16.1. The molecule has 0 saturated carbocycles. The zero-order chi connectivity index (χ0) is 11.1. The molecule has 0 saturated heterocycles. The molecular weight excluding hydrogens is 223 g/mol. The number of fused-ring (bicyclic) bond motifs is 3. The maximum atomic E-state index is 13.2. The molecule has 1 aliphatic carbocycles. The van der Waals surface area contributed by atoms with Crippen LogP contribution in [0.3, 0.4) is 0 Å². The molecule has 1 aliphatic rings. The van der Waals surface area contributed by atoms with Gasteiger partial charge in [-0.05, 0) is 37.3 Å². The molecule has 0 spiro atoms. The molecule has 0 fully saturated rings. The van der Waals surface area contributed by atoms with Gasteiger partial charge in [-0.15, -0.1) is 11.3 Å². The molecule has 0 bridgehead atoms. The minimum Gasteiger partial charge on any atom is -0.507 e. The topological polar surface area (TPSA) is 20.2 Å². The van der Waals surface area contributed by atoms with Crippen LogP contribution < -0.4 is 0 Å². The summed E-state index contributed by atoms with van der Waals surface area (Å²) in [6.45, 7) is 0. The third kappa shape index (κ3) is 1.50. The highest BCUT2D eigenvalue weighted by Gasteiger charge is 2.17. The van der Waals surface area contributed by atoms with E-state index < -0.39 is 0 Å². The van der Waals surface area contributed by atoms with Crippen LogP contribution in [0.4, 0.5) is 4.39 Å². The van der Waals surface area contributed by atoms with Gasteiger partial charge in [0.05, 0.1) is 0 Å². The monoisotopic (exact) mass is 236 g/mol. The van der Waals surface area contributed by atoms with Crippen LogP contribution in [0, 0.1) is 5.82 Å². The molecule has 0 aliphatic heterocycles. The Balaban J connectivity index is 2.29. The predicted molar refractivity (Wildman–Crippen MR) is 64.7 cm³/mol. The van der Waals surface area contributed by atoms with Crippen LogP contribution in [0.25, 0.3) is 10.1 Å². The fourth-order valence-electron chi connectivity index (χ4n) is 2.52. The lowest BCUT2D eigenvalue weighted by molar-refractivity contribution is 0.475. The summed E-state index contributed by atoms with van der Waals surface area (Å²) in [6, 6.07) is 2.76. The highest BCUT2D eigenvalue weighted by atomic mass is 32.1. The Bertz CT molecular complexity index is 544. The maximum absolute atomic E-state index is 13.2. The first kappa shape index (κ1) is 10.1. The summed E-state index contributed by atoms with van der Waals surface area (Å²) in [4.78, 5) is 1.34. The number of rotatable bonds is 0. The van der Waals surface area contributed by atoms with Crippen LogP contribution in [-0.4, -0.2) is 5.11 Å². The number of aromatic hydroxyl groups is 1. The highest BCUT2D eigenvalue weighted by Crippen LogP contribution is 2.40. The van der Waals surface area contributed by atoms with Crippen molar-refractivity contribution in [2.75, 3.05) is 0 Å². The highest BCUT2D eigenvalue weighted by molar-refractivity contribution is 7.19. The van der Waals surface area contributed by atoms with Crippen molar-refractivity contribution in [3.63, 3.8) is 0 Å². The van der Waals surface area contributed by atoms with Gasteiger partial charge in [-0.3, -0.25) is 0 Å². The second-order valence-corrected chi connectivity index (χ2v) is 5.50. The zero-order valence-electron chi connectivity index (χ0n) is 8.92. The molecule has 1 aromatic carbocycles. The molecule has 0 radical (unpaired) electrons. The average molecular weight is 236 g/mol. The third-order valence-corrected chi connectivity index (χ3v) is 4.49. The van der Waals surface area contributed by atoms with E-state index in [4.69, 9.17) is 0 Å². The smallest absolute Gasteiger partial charge is 0.128 e. The van der Waals surface area contributed by atoms with Crippen LogP contribution in [0.1, 0.15) is 29.7 Å². The molecule has 2 aromatic rings. The van der Waals surface area contributed by atoms with Gasteiger partial charge >= 0.3 is 0 Å². The second kappa shape index (κ2) is 3.74. The largest absolute Gasteiger partial charge is 0.507 e. The Morgan fingerprint density at radius 2 is 1.94 bits per heavy atom. The van der Waals surface area contributed by atoms with Gasteiger partial charge in [0.2, 0.25) is 0 Å². The van der Waals surface area contributed by atoms with Gasteiger partial charge < -0.3 is 5.11 Å². The Morgan fingerprint density at radius 1 is 1.12 bits per heavy atom. The number of hydrogen-bond donors (Lipinski definition) is 1. The van der Waals surface area contributed by atoms with E-state index in [1.54, 1.807) is 11.3 Å². The minimum atomic E-state index is -0.346. The fourth-order valence-corrected chi connectivity index (χ4v) is 3.86. The van der Waals surface area contributed by atoms with Gasteiger partial charge in [0.15, 0.2) is 0 Å². The summed E-state index contributed by atoms with van der Waals surface area (Å²) in [5, 5.41) is 10.7. The lowest BCUT2D eigenvalue weighted by atomic mass is 10.1. The Kier molecular flexibility index (Phi) is 2.36. The number of thiophene rings is 1. The van der Waals surface area contributed by atoms with Crippen molar-refractivity contribution in [3.05, 3.63) is 28.4 Å². The molecule has 1 N–H and O–H groups in total. The van der Waals surface area contributed by atoms with Gasteiger partial charge in [-0.25, -0.2) is 4.39 Å². The molecule has 0 amide bonds. The van der Waals surface area contributed by atoms with E-state index in [1.807, 2.05) is 0 Å². The number of benzene rings is 1. The SMILES string of the molecule is Oc1cc(F)cc2sc3c(c12)CCCCC3. The van der Waals surface area contributed by atoms with Gasteiger partial charge in [-0.1, -0.05) is 6.42 Å². The van der Waals surface area contributed by atoms with Crippen molar-refractivity contribution < 1.29 is 9.50 Å². The summed E-state index contributed by atoms with van der Waals surface area (Å²) in [6.07, 6.45) is 5.74. The van der Waals surface area contributed by atoms with Crippen LogP contribution in [0.5, 0.6) is 5.75 Å². The Morgan fingerprint density at radius 3 is 2.81 bits per heavy atom. The standard InChI is InChI=1S/C13H13FOS/c14-8-6-10(15)13-9-4-2-1-3-5-11(9)16-12(13)7-8/h6-7,15H,1-5H2. The molecule has 0 atom stereocenters. The van der Waals surface area contributed by atoms with E-state index in [1.165, 1.54) is 41.8 Å². The van der Waals surface area contributed by atoms with Crippen LogP contribution in [-0.2, 0) is 12.8 Å². The van der Waals surface area contributed by atoms with Crippen molar-refractivity contribution >= 4 is 21.4 Å².